The van der Waals surface area contributed by atoms with Crippen LogP contribution in [-0.4, -0.2) is 148 Å². The summed E-state index contributed by atoms with van der Waals surface area (Å²) in [7, 11) is -5.22. The third kappa shape index (κ3) is 6.72. The van der Waals surface area contributed by atoms with Gasteiger partial charge in [0.05, 0.1) is 26.4 Å². The smallest absolute Gasteiger partial charge is 0.394 e. The van der Waals surface area contributed by atoms with Crippen molar-refractivity contribution in [1.29, 1.82) is 0 Å². The first-order valence-electron chi connectivity index (χ1n) is 9.40. The minimum atomic E-state index is -5.22. The Morgan fingerprint density at radius 1 is 0.812 bits per heavy atom. The molecule has 0 bridgehead atoms. The van der Waals surface area contributed by atoms with Gasteiger partial charge in [0.1, 0.15) is 48.8 Å². The van der Waals surface area contributed by atoms with Gasteiger partial charge in [-0.05, 0) is 0 Å². The zero-order valence-electron chi connectivity index (χ0n) is 16.5. The van der Waals surface area contributed by atoms with Crippen LogP contribution in [0.15, 0.2) is 0 Å². The SMILES string of the molecule is O=S(=O)(O)O[C@@H]1[C@@H](O[C@H]2[C@@H](OCC(O)CO)O[C@H](CO)[C@@H](O)[C@@H]2O)O[C@H](CO)[C@@H](O)[C@@H]1O. The minimum Gasteiger partial charge on any atom is -0.394 e. The lowest BCUT2D eigenvalue weighted by molar-refractivity contribution is -0.366. The van der Waals surface area contributed by atoms with Crippen LogP contribution in [0.25, 0.3) is 0 Å². The Labute approximate surface area is 182 Å². The van der Waals surface area contributed by atoms with E-state index >= 15 is 0 Å². The molecule has 0 radical (unpaired) electrons. The molecule has 0 spiro atoms. The van der Waals surface area contributed by atoms with Crippen LogP contribution in [0, 0.1) is 0 Å². The first kappa shape index (κ1) is 27.6. The van der Waals surface area contributed by atoms with Gasteiger partial charge in [-0.1, -0.05) is 0 Å². The first-order chi connectivity index (χ1) is 14.9. The summed E-state index contributed by atoms with van der Waals surface area (Å²) in [4.78, 5) is 0. The topological polar surface area (TPSA) is 262 Å². The molecule has 0 saturated carbocycles. The van der Waals surface area contributed by atoms with Gasteiger partial charge in [-0.15, -0.1) is 0 Å². The molecular weight excluding hydrogens is 468 g/mol. The monoisotopic (exact) mass is 496 g/mol. The fourth-order valence-electron chi connectivity index (χ4n) is 3.16. The zero-order valence-corrected chi connectivity index (χ0v) is 17.3. The van der Waals surface area contributed by atoms with Crippen LogP contribution in [0.1, 0.15) is 0 Å². The standard InChI is InChI=1S/C15H28O16S/c16-1-5(19)4-27-14-12(10(22)8(20)6(2-17)28-14)30-15-13(31-32(24,25)26)11(23)9(21)7(3-18)29-15/h5-23H,1-4H2,(H,24,25,26)/t5?,6-,7-,8-,9-,10+,11+,12-,13+,14+,15-/m1/s1. The van der Waals surface area contributed by atoms with Crippen LogP contribution in [0.3, 0.4) is 0 Å². The van der Waals surface area contributed by atoms with E-state index in [1.165, 1.54) is 0 Å². The number of aliphatic hydroxyl groups is 8. The van der Waals surface area contributed by atoms with Crippen molar-refractivity contribution in [1.82, 2.24) is 0 Å². The molecule has 9 N–H and O–H groups in total. The molecule has 0 amide bonds. The Kier molecular flexibility index (Phi) is 10.1. The highest BCUT2D eigenvalue weighted by atomic mass is 32.3. The van der Waals surface area contributed by atoms with Gasteiger partial charge in [-0.2, -0.15) is 8.42 Å². The van der Waals surface area contributed by atoms with Crippen molar-refractivity contribution >= 4 is 10.4 Å². The summed E-state index contributed by atoms with van der Waals surface area (Å²) in [5.74, 6) is 0. The second kappa shape index (κ2) is 11.7. The zero-order chi connectivity index (χ0) is 24.2. The second-order valence-electron chi connectivity index (χ2n) is 7.17. The highest BCUT2D eigenvalue weighted by Crippen LogP contribution is 2.31. The Bertz CT molecular complexity index is 676. The molecule has 0 aromatic heterocycles. The normalized spacial score (nSPS) is 42.0. The molecule has 2 saturated heterocycles. The molecule has 2 aliphatic heterocycles. The number of hydrogen-bond acceptors (Lipinski definition) is 15. The van der Waals surface area contributed by atoms with Gasteiger partial charge in [0.2, 0.25) is 0 Å². The Morgan fingerprint density at radius 3 is 1.78 bits per heavy atom. The van der Waals surface area contributed by atoms with E-state index in [0.717, 1.165) is 0 Å². The molecular formula is C15H28O16S. The maximum Gasteiger partial charge on any atom is 0.397 e. The predicted octanol–water partition coefficient (Wildman–Crippen LogP) is -6.19. The van der Waals surface area contributed by atoms with E-state index in [4.69, 9.17) is 28.6 Å². The van der Waals surface area contributed by atoms with E-state index < -0.39 is 104 Å². The van der Waals surface area contributed by atoms with Gasteiger partial charge in [0, 0.05) is 0 Å². The van der Waals surface area contributed by atoms with Crippen LogP contribution in [0.2, 0.25) is 0 Å². The van der Waals surface area contributed by atoms with E-state index in [9.17, 15) is 44.2 Å². The lowest BCUT2D eigenvalue weighted by Gasteiger charge is -2.46. The largest absolute Gasteiger partial charge is 0.397 e. The molecule has 0 aromatic carbocycles. The molecule has 0 aliphatic carbocycles. The fraction of sp³-hybridized carbons (Fsp3) is 1.00. The summed E-state index contributed by atoms with van der Waals surface area (Å²) in [6.07, 6.45) is -19.3. The Morgan fingerprint density at radius 2 is 1.31 bits per heavy atom. The van der Waals surface area contributed by atoms with Gasteiger partial charge in [0.25, 0.3) is 0 Å². The molecule has 190 valence electrons. The van der Waals surface area contributed by atoms with Crippen LogP contribution in [0.5, 0.6) is 0 Å². The summed E-state index contributed by atoms with van der Waals surface area (Å²) < 4.78 is 56.7. The molecule has 32 heavy (non-hydrogen) atoms. The van der Waals surface area contributed by atoms with Crippen molar-refractivity contribution in [2.45, 2.75) is 67.5 Å². The number of rotatable bonds is 10. The van der Waals surface area contributed by atoms with Crippen molar-refractivity contribution in [2.75, 3.05) is 26.4 Å². The average molecular weight is 496 g/mol. The predicted molar refractivity (Wildman–Crippen MR) is 95.9 cm³/mol. The van der Waals surface area contributed by atoms with Crippen molar-refractivity contribution < 1.29 is 77.0 Å². The second-order valence-corrected chi connectivity index (χ2v) is 8.22. The number of hydrogen-bond donors (Lipinski definition) is 9. The summed E-state index contributed by atoms with van der Waals surface area (Å²) in [6, 6.07) is 0. The lowest BCUT2D eigenvalue weighted by atomic mass is 9.97. The average Bonchev–Trinajstić information content (AvgIpc) is 2.74. The molecule has 2 rings (SSSR count). The van der Waals surface area contributed by atoms with E-state index in [-0.39, 0.29) is 0 Å². The van der Waals surface area contributed by atoms with Gasteiger partial charge in [-0.25, -0.2) is 4.18 Å². The molecule has 2 aliphatic rings. The Balaban J connectivity index is 2.30. The molecule has 1 unspecified atom stereocenters. The molecule has 2 heterocycles. The fourth-order valence-corrected chi connectivity index (χ4v) is 3.64. The van der Waals surface area contributed by atoms with Crippen LogP contribution >= 0.6 is 0 Å². The highest BCUT2D eigenvalue weighted by Gasteiger charge is 2.52. The van der Waals surface area contributed by atoms with Gasteiger partial charge in [0.15, 0.2) is 18.7 Å². The summed E-state index contributed by atoms with van der Waals surface area (Å²) in [5.41, 5.74) is 0. The highest BCUT2D eigenvalue weighted by molar-refractivity contribution is 7.80. The van der Waals surface area contributed by atoms with Gasteiger partial charge >= 0.3 is 10.4 Å². The maximum absolute atomic E-state index is 11.2. The molecule has 2 fully saturated rings. The van der Waals surface area contributed by atoms with Crippen LogP contribution in [0.4, 0.5) is 0 Å². The van der Waals surface area contributed by atoms with E-state index in [0.29, 0.717) is 0 Å². The number of aliphatic hydroxyl groups excluding tert-OH is 8. The van der Waals surface area contributed by atoms with E-state index in [1.54, 1.807) is 0 Å². The first-order valence-corrected chi connectivity index (χ1v) is 10.8. The van der Waals surface area contributed by atoms with Crippen molar-refractivity contribution in [3.05, 3.63) is 0 Å². The number of ether oxygens (including phenoxy) is 4. The third-order valence-electron chi connectivity index (χ3n) is 4.84. The lowest BCUT2D eigenvalue weighted by Crippen LogP contribution is -2.65. The summed E-state index contributed by atoms with van der Waals surface area (Å²) in [6.45, 7) is -2.89. The molecule has 11 atom stereocenters. The Hall–Kier alpha value is -0.610. The van der Waals surface area contributed by atoms with Gasteiger partial charge in [-0.3, -0.25) is 4.55 Å². The third-order valence-corrected chi connectivity index (χ3v) is 5.30. The van der Waals surface area contributed by atoms with Crippen molar-refractivity contribution in [2.24, 2.45) is 0 Å². The van der Waals surface area contributed by atoms with E-state index in [1.807, 2.05) is 0 Å². The minimum absolute atomic E-state index is 0.556. The molecule has 0 aromatic rings. The van der Waals surface area contributed by atoms with Crippen LogP contribution in [-0.2, 0) is 33.5 Å². The maximum atomic E-state index is 11.2. The van der Waals surface area contributed by atoms with Crippen molar-refractivity contribution in [3.63, 3.8) is 0 Å². The molecule has 16 nitrogen and oxygen atoms in total. The van der Waals surface area contributed by atoms with Crippen LogP contribution < -0.4 is 0 Å². The van der Waals surface area contributed by atoms with E-state index in [2.05, 4.69) is 4.18 Å². The summed E-state index contributed by atoms with van der Waals surface area (Å²) in [5, 5.41) is 77.7. The van der Waals surface area contributed by atoms with Gasteiger partial charge < -0.3 is 59.8 Å². The van der Waals surface area contributed by atoms with Crippen molar-refractivity contribution in [3.8, 4) is 0 Å². The molecule has 17 heteroatoms. The summed E-state index contributed by atoms with van der Waals surface area (Å²) >= 11 is 0. The quantitative estimate of drug-likeness (QED) is 0.127.